The van der Waals surface area contributed by atoms with Crippen molar-refractivity contribution in [2.24, 2.45) is 0 Å². The van der Waals surface area contributed by atoms with E-state index in [0.29, 0.717) is 5.56 Å². The molecular formula is C10H8O2. The van der Waals surface area contributed by atoms with E-state index in [9.17, 15) is 4.79 Å². The van der Waals surface area contributed by atoms with E-state index in [1.54, 1.807) is 30.3 Å². The molecule has 2 heteroatoms. The van der Waals surface area contributed by atoms with E-state index in [2.05, 4.69) is 12.3 Å². The molecule has 60 valence electrons. The third-order valence-corrected chi connectivity index (χ3v) is 1.42. The largest absolute Gasteiger partial charge is 0.498 e. The van der Waals surface area contributed by atoms with Crippen LogP contribution in [0.2, 0.25) is 0 Å². The van der Waals surface area contributed by atoms with Gasteiger partial charge in [0.25, 0.3) is 0 Å². The van der Waals surface area contributed by atoms with Crippen molar-refractivity contribution in [2.45, 2.75) is 0 Å². The summed E-state index contributed by atoms with van der Waals surface area (Å²) < 4.78 is 0. The molecule has 2 nitrogen and oxygen atoms in total. The second kappa shape index (κ2) is 3.56. The number of aliphatic hydroxyl groups is 1. The van der Waals surface area contributed by atoms with Crippen LogP contribution in [0.15, 0.2) is 48.4 Å². The van der Waals surface area contributed by atoms with Crippen LogP contribution in [-0.4, -0.2) is 10.9 Å². The van der Waals surface area contributed by atoms with Gasteiger partial charge < -0.3 is 5.11 Å². The first-order chi connectivity index (χ1) is 5.75. The van der Waals surface area contributed by atoms with Crippen molar-refractivity contribution in [1.82, 2.24) is 0 Å². The van der Waals surface area contributed by atoms with Crippen molar-refractivity contribution in [3.8, 4) is 0 Å². The molecule has 0 bridgehead atoms. The van der Waals surface area contributed by atoms with Crippen LogP contribution >= 0.6 is 0 Å². The van der Waals surface area contributed by atoms with Gasteiger partial charge in [-0.05, 0) is 0 Å². The van der Waals surface area contributed by atoms with Crippen molar-refractivity contribution in [3.05, 3.63) is 54.0 Å². The fraction of sp³-hybridized carbons (Fsp3) is 0. The van der Waals surface area contributed by atoms with E-state index in [4.69, 9.17) is 5.11 Å². The van der Waals surface area contributed by atoms with Gasteiger partial charge in [0, 0.05) is 5.56 Å². The molecule has 0 aliphatic carbocycles. The van der Waals surface area contributed by atoms with E-state index in [1.165, 1.54) is 0 Å². The minimum absolute atomic E-state index is 0.436. The average Bonchev–Trinajstić information content (AvgIpc) is 2.17. The molecule has 0 atom stereocenters. The van der Waals surface area contributed by atoms with Crippen LogP contribution in [0.5, 0.6) is 0 Å². The molecule has 1 aromatic rings. The van der Waals surface area contributed by atoms with E-state index in [-0.39, 0.29) is 0 Å². The summed E-state index contributed by atoms with van der Waals surface area (Å²) in [7, 11) is 0. The number of rotatable bonds is 2. The van der Waals surface area contributed by atoms with Gasteiger partial charge in [-0.15, -0.1) is 0 Å². The second-order valence-corrected chi connectivity index (χ2v) is 2.22. The van der Waals surface area contributed by atoms with Crippen LogP contribution in [0, 0.1) is 0 Å². The zero-order valence-corrected chi connectivity index (χ0v) is 6.45. The van der Waals surface area contributed by atoms with Gasteiger partial charge in [-0.1, -0.05) is 42.6 Å². The van der Waals surface area contributed by atoms with Crippen molar-refractivity contribution >= 4 is 5.78 Å². The molecule has 0 spiro atoms. The Morgan fingerprint density at radius 1 is 1.33 bits per heavy atom. The Kier molecular flexibility index (Phi) is 2.46. The topological polar surface area (TPSA) is 37.3 Å². The molecule has 1 aromatic carbocycles. The minimum Gasteiger partial charge on any atom is -0.498 e. The molecule has 1 rings (SSSR count). The summed E-state index contributed by atoms with van der Waals surface area (Å²) >= 11 is 0. The number of carbonyl (C=O) groups excluding carboxylic acids is 1. The third-order valence-electron chi connectivity index (χ3n) is 1.42. The number of Topliss-reactive ketones (excluding diaryl/α,β-unsaturated/α-hetero) is 1. The number of benzene rings is 1. The summed E-state index contributed by atoms with van der Waals surface area (Å²) in [5, 5.41) is 8.97. The third kappa shape index (κ3) is 1.62. The Hall–Kier alpha value is -1.79. The highest BCUT2D eigenvalue weighted by Gasteiger charge is 2.08. The van der Waals surface area contributed by atoms with Crippen LogP contribution in [0.4, 0.5) is 0 Å². The normalized spacial score (nSPS) is 8.67. The Morgan fingerprint density at radius 3 is 2.42 bits per heavy atom. The predicted molar refractivity (Wildman–Crippen MR) is 46.1 cm³/mol. The first kappa shape index (κ1) is 8.31. The van der Waals surface area contributed by atoms with Crippen molar-refractivity contribution < 1.29 is 9.90 Å². The lowest BCUT2D eigenvalue weighted by molar-refractivity contribution is 0.0978. The first-order valence-electron chi connectivity index (χ1n) is 3.44. The first-order valence-corrected chi connectivity index (χ1v) is 3.44. The van der Waals surface area contributed by atoms with Gasteiger partial charge in [0.05, 0.1) is 0 Å². The maximum atomic E-state index is 11.2. The predicted octanol–water partition coefficient (Wildman–Crippen LogP) is 2.10. The van der Waals surface area contributed by atoms with Crippen molar-refractivity contribution in [3.63, 3.8) is 0 Å². The Balaban J connectivity index is 3.02. The number of hydrogen-bond donors (Lipinski definition) is 1. The monoisotopic (exact) mass is 160 g/mol. The van der Waals surface area contributed by atoms with Crippen LogP contribution < -0.4 is 0 Å². The highest BCUT2D eigenvalue weighted by atomic mass is 16.3. The molecule has 0 aliphatic rings. The lowest BCUT2D eigenvalue weighted by atomic mass is 10.1. The second-order valence-electron chi connectivity index (χ2n) is 2.22. The minimum atomic E-state index is -0.453. The quantitative estimate of drug-likeness (QED) is 0.311. The molecule has 0 fully saturated rings. The highest BCUT2D eigenvalue weighted by molar-refractivity contribution is 6.06. The van der Waals surface area contributed by atoms with Gasteiger partial charge in [-0.2, -0.15) is 0 Å². The summed E-state index contributed by atoms with van der Waals surface area (Å²) in [4.78, 5) is 11.2. The van der Waals surface area contributed by atoms with Gasteiger partial charge >= 0.3 is 0 Å². The lowest BCUT2D eigenvalue weighted by Gasteiger charge is -1.95. The van der Waals surface area contributed by atoms with Crippen molar-refractivity contribution in [2.75, 3.05) is 0 Å². The molecule has 0 amide bonds. The van der Waals surface area contributed by atoms with Crippen LogP contribution in [0.25, 0.3) is 0 Å². The molecular weight excluding hydrogens is 152 g/mol. The van der Waals surface area contributed by atoms with Crippen LogP contribution in [-0.2, 0) is 0 Å². The molecule has 0 unspecified atom stereocenters. The molecule has 1 N–H and O–H groups in total. The lowest BCUT2D eigenvalue weighted by Crippen LogP contribution is -2.00. The number of ketones is 1. The Morgan fingerprint density at radius 2 is 1.92 bits per heavy atom. The van der Waals surface area contributed by atoms with Gasteiger partial charge in [0.1, 0.15) is 0 Å². The zero-order chi connectivity index (χ0) is 8.97. The number of aliphatic hydroxyl groups excluding tert-OH is 1. The van der Waals surface area contributed by atoms with E-state index < -0.39 is 11.5 Å². The molecule has 0 saturated carbocycles. The number of hydrogen-bond acceptors (Lipinski definition) is 2. The van der Waals surface area contributed by atoms with Gasteiger partial charge in [0.2, 0.25) is 11.5 Å². The van der Waals surface area contributed by atoms with Gasteiger partial charge in [-0.3, -0.25) is 4.79 Å². The molecule has 0 radical (unpaired) electrons. The molecule has 0 aliphatic heterocycles. The standard InChI is InChI=1S/C10H8O2/c1-2-9(11)10(12)8-6-4-3-5-7-8/h3-7,11H,1H2. The Bertz CT molecular complexity index is 332. The van der Waals surface area contributed by atoms with E-state index in [0.717, 1.165) is 0 Å². The van der Waals surface area contributed by atoms with Crippen molar-refractivity contribution in [1.29, 1.82) is 0 Å². The number of allylic oxidation sites excluding steroid dienone is 1. The summed E-state index contributed by atoms with van der Waals surface area (Å²) in [6, 6.07) is 8.49. The van der Waals surface area contributed by atoms with Crippen LogP contribution in [0.3, 0.4) is 0 Å². The fourth-order valence-corrected chi connectivity index (χ4v) is 0.807. The van der Waals surface area contributed by atoms with E-state index >= 15 is 0 Å². The highest BCUT2D eigenvalue weighted by Crippen LogP contribution is 2.03. The fourth-order valence-electron chi connectivity index (χ4n) is 0.807. The molecule has 12 heavy (non-hydrogen) atoms. The SMILES string of the molecule is C=C=C(O)C(=O)c1ccccc1. The number of carbonyl (C=O) groups is 1. The van der Waals surface area contributed by atoms with Crippen LogP contribution in [0.1, 0.15) is 10.4 Å². The van der Waals surface area contributed by atoms with E-state index in [1.807, 2.05) is 0 Å². The maximum absolute atomic E-state index is 11.2. The maximum Gasteiger partial charge on any atom is 0.235 e. The summed E-state index contributed by atoms with van der Waals surface area (Å²) in [5.41, 5.74) is 2.57. The molecule has 0 aromatic heterocycles. The summed E-state index contributed by atoms with van der Waals surface area (Å²) in [6.45, 7) is 3.17. The van der Waals surface area contributed by atoms with Gasteiger partial charge in [-0.25, -0.2) is 0 Å². The van der Waals surface area contributed by atoms with Gasteiger partial charge in [0.15, 0.2) is 0 Å². The smallest absolute Gasteiger partial charge is 0.235 e. The average molecular weight is 160 g/mol. The molecule has 0 saturated heterocycles. The molecule has 0 heterocycles. The zero-order valence-electron chi connectivity index (χ0n) is 6.45. The summed E-state index contributed by atoms with van der Waals surface area (Å²) in [6.07, 6.45) is 0. The summed E-state index contributed by atoms with van der Waals surface area (Å²) in [5.74, 6) is -0.896. The Labute approximate surface area is 70.5 Å².